The molecule has 0 aromatic rings. The summed E-state index contributed by atoms with van der Waals surface area (Å²) in [4.78, 5) is 59.4. The van der Waals surface area contributed by atoms with E-state index in [0.717, 1.165) is 0 Å². The van der Waals surface area contributed by atoms with Gasteiger partial charge in [0.05, 0.1) is 12.5 Å². The molecule has 0 rings (SSSR count). The number of nitrogens with two attached hydrogens (primary N) is 2. The smallest absolute Gasteiger partial charge is 0.325 e. The van der Waals surface area contributed by atoms with Crippen LogP contribution in [0.15, 0.2) is 0 Å². The Morgan fingerprint density at radius 1 is 0.903 bits per heavy atom. The summed E-state index contributed by atoms with van der Waals surface area (Å²) in [6, 6.07) is -4.69. The summed E-state index contributed by atoms with van der Waals surface area (Å²) in [5, 5.41) is 24.9. The molecule has 0 spiro atoms. The Morgan fingerprint density at radius 3 is 2.00 bits per heavy atom. The van der Waals surface area contributed by atoms with E-state index in [1.807, 2.05) is 6.26 Å². The fourth-order valence-corrected chi connectivity index (χ4v) is 2.94. The number of rotatable bonds is 16. The van der Waals surface area contributed by atoms with E-state index < -0.39 is 60.2 Å². The maximum atomic E-state index is 12.7. The van der Waals surface area contributed by atoms with E-state index in [0.29, 0.717) is 31.6 Å². The molecule has 0 aromatic carbocycles. The first-order valence-electron chi connectivity index (χ1n) is 9.83. The number of thioether (sulfide) groups is 1. The zero-order valence-corrected chi connectivity index (χ0v) is 18.6. The molecule has 0 saturated heterocycles. The molecule has 4 unspecified atom stereocenters. The highest BCUT2D eigenvalue weighted by atomic mass is 32.2. The molecule has 0 aliphatic carbocycles. The third kappa shape index (κ3) is 12.2. The van der Waals surface area contributed by atoms with E-state index >= 15 is 0 Å². The van der Waals surface area contributed by atoms with Gasteiger partial charge in [0.15, 0.2) is 0 Å². The first-order chi connectivity index (χ1) is 14.5. The van der Waals surface area contributed by atoms with Crippen molar-refractivity contribution in [2.45, 2.75) is 63.2 Å². The van der Waals surface area contributed by atoms with Crippen LogP contribution in [-0.2, 0) is 24.0 Å². The maximum absolute atomic E-state index is 12.7. The predicted molar refractivity (Wildman–Crippen MR) is 115 cm³/mol. The largest absolute Gasteiger partial charge is 0.481 e. The molecular formula is C18H33N5O7S. The first kappa shape index (κ1) is 28.6. The topological polar surface area (TPSA) is 214 Å². The van der Waals surface area contributed by atoms with Crippen LogP contribution in [0.3, 0.4) is 0 Å². The molecule has 0 fully saturated rings. The molecule has 0 saturated carbocycles. The van der Waals surface area contributed by atoms with Crippen molar-refractivity contribution < 1.29 is 34.2 Å². The summed E-state index contributed by atoms with van der Waals surface area (Å²) in [5.41, 5.74) is 11.3. The monoisotopic (exact) mass is 463 g/mol. The second kappa shape index (κ2) is 15.4. The summed E-state index contributed by atoms with van der Waals surface area (Å²) in [6.07, 6.45) is 2.81. The Bertz CT molecular complexity index is 634. The Balaban J connectivity index is 5.31. The van der Waals surface area contributed by atoms with Crippen LogP contribution in [0.25, 0.3) is 0 Å². The van der Waals surface area contributed by atoms with Gasteiger partial charge in [-0.05, 0) is 51.2 Å². The minimum absolute atomic E-state index is 0.205. The quantitative estimate of drug-likeness (QED) is 0.128. The van der Waals surface area contributed by atoms with Gasteiger partial charge in [0.2, 0.25) is 17.7 Å². The summed E-state index contributed by atoms with van der Waals surface area (Å²) in [7, 11) is 0. The average Bonchev–Trinajstić information content (AvgIpc) is 2.69. The molecule has 12 nitrogen and oxygen atoms in total. The fraction of sp³-hybridized carbons (Fsp3) is 0.722. The standard InChI is InChI=1S/C18H33N5O7S/c1-10(18(29)30)21-17(28)13(9-14(24)25)23-16(27)12(5-3-4-7-19)22-15(26)11(20)6-8-31-2/h10-13H,3-9,19-20H2,1-2H3,(H,21,28)(H,22,26)(H,23,27)(H,24,25)(H,29,30). The van der Waals surface area contributed by atoms with Crippen molar-refractivity contribution in [2.75, 3.05) is 18.6 Å². The molecule has 31 heavy (non-hydrogen) atoms. The van der Waals surface area contributed by atoms with Gasteiger partial charge in [0.25, 0.3) is 0 Å². The normalized spacial score (nSPS) is 14.6. The van der Waals surface area contributed by atoms with Crippen molar-refractivity contribution in [3.63, 3.8) is 0 Å². The molecule has 4 atom stereocenters. The van der Waals surface area contributed by atoms with Crippen LogP contribution in [0.1, 0.15) is 39.0 Å². The van der Waals surface area contributed by atoms with Gasteiger partial charge in [0, 0.05) is 0 Å². The van der Waals surface area contributed by atoms with Crippen molar-refractivity contribution in [1.82, 2.24) is 16.0 Å². The van der Waals surface area contributed by atoms with Crippen LogP contribution >= 0.6 is 11.8 Å². The molecule has 0 radical (unpaired) electrons. The average molecular weight is 464 g/mol. The molecule has 3 amide bonds. The Hall–Kier alpha value is -2.38. The van der Waals surface area contributed by atoms with Crippen molar-refractivity contribution in [1.29, 1.82) is 0 Å². The second-order valence-electron chi connectivity index (χ2n) is 6.96. The number of carbonyl (C=O) groups excluding carboxylic acids is 3. The summed E-state index contributed by atoms with van der Waals surface area (Å²) in [6.45, 7) is 1.58. The predicted octanol–water partition coefficient (Wildman–Crippen LogP) is -1.77. The van der Waals surface area contributed by atoms with Gasteiger partial charge in [-0.2, -0.15) is 11.8 Å². The summed E-state index contributed by atoms with van der Waals surface area (Å²) >= 11 is 1.52. The summed E-state index contributed by atoms with van der Waals surface area (Å²) < 4.78 is 0. The van der Waals surface area contributed by atoms with Crippen LogP contribution in [0.2, 0.25) is 0 Å². The van der Waals surface area contributed by atoms with Crippen molar-refractivity contribution in [2.24, 2.45) is 11.5 Å². The lowest BCUT2D eigenvalue weighted by atomic mass is 10.1. The minimum Gasteiger partial charge on any atom is -0.481 e. The van der Waals surface area contributed by atoms with E-state index in [1.165, 1.54) is 18.7 Å². The lowest BCUT2D eigenvalue weighted by Gasteiger charge is -2.24. The number of amides is 3. The lowest BCUT2D eigenvalue weighted by molar-refractivity contribution is -0.143. The number of carboxylic acids is 2. The number of carboxylic acid groups (broad SMARTS) is 2. The van der Waals surface area contributed by atoms with E-state index in [1.54, 1.807) is 0 Å². The van der Waals surface area contributed by atoms with Crippen LogP contribution in [0.4, 0.5) is 0 Å². The highest BCUT2D eigenvalue weighted by Crippen LogP contribution is 2.05. The Kier molecular flexibility index (Phi) is 14.2. The van der Waals surface area contributed by atoms with Gasteiger partial charge in [0.1, 0.15) is 18.1 Å². The van der Waals surface area contributed by atoms with Gasteiger partial charge in [-0.15, -0.1) is 0 Å². The molecule has 0 heterocycles. The van der Waals surface area contributed by atoms with Crippen molar-refractivity contribution in [3.05, 3.63) is 0 Å². The molecule has 178 valence electrons. The van der Waals surface area contributed by atoms with Gasteiger partial charge in [-0.25, -0.2) is 0 Å². The number of unbranched alkanes of at least 4 members (excludes halogenated alkanes) is 1. The second-order valence-corrected chi connectivity index (χ2v) is 7.95. The van der Waals surface area contributed by atoms with Crippen LogP contribution < -0.4 is 27.4 Å². The zero-order valence-electron chi connectivity index (χ0n) is 17.8. The van der Waals surface area contributed by atoms with Gasteiger partial charge >= 0.3 is 11.9 Å². The van der Waals surface area contributed by atoms with Crippen LogP contribution in [0.5, 0.6) is 0 Å². The number of nitrogens with one attached hydrogen (secondary N) is 3. The van der Waals surface area contributed by atoms with E-state index in [2.05, 4.69) is 16.0 Å². The van der Waals surface area contributed by atoms with Gasteiger partial charge in [-0.1, -0.05) is 0 Å². The van der Waals surface area contributed by atoms with E-state index in [4.69, 9.17) is 21.7 Å². The third-order valence-corrected chi connectivity index (χ3v) is 4.93. The molecular weight excluding hydrogens is 430 g/mol. The number of hydrogen-bond acceptors (Lipinski definition) is 8. The molecule has 0 aliphatic rings. The third-order valence-electron chi connectivity index (χ3n) is 4.29. The van der Waals surface area contributed by atoms with Crippen molar-refractivity contribution >= 4 is 41.4 Å². The SMILES string of the molecule is CSCCC(N)C(=O)NC(CCCCN)C(=O)NC(CC(=O)O)C(=O)NC(C)C(=O)O. The number of aliphatic carboxylic acids is 2. The molecule has 0 bridgehead atoms. The maximum Gasteiger partial charge on any atom is 0.325 e. The molecule has 0 aliphatic heterocycles. The minimum atomic E-state index is -1.52. The van der Waals surface area contributed by atoms with Crippen LogP contribution in [-0.4, -0.2) is 82.6 Å². The van der Waals surface area contributed by atoms with Gasteiger partial charge in [-0.3, -0.25) is 24.0 Å². The highest BCUT2D eigenvalue weighted by Gasteiger charge is 2.30. The highest BCUT2D eigenvalue weighted by molar-refractivity contribution is 7.98. The number of carbonyl (C=O) groups is 5. The Labute approximate surface area is 185 Å². The molecule has 13 heteroatoms. The van der Waals surface area contributed by atoms with Crippen molar-refractivity contribution in [3.8, 4) is 0 Å². The lowest BCUT2D eigenvalue weighted by Crippen LogP contribution is -2.57. The molecule has 9 N–H and O–H groups in total. The van der Waals surface area contributed by atoms with Gasteiger partial charge < -0.3 is 37.6 Å². The van der Waals surface area contributed by atoms with Crippen LogP contribution in [0, 0.1) is 0 Å². The fourth-order valence-electron chi connectivity index (χ4n) is 2.45. The summed E-state index contributed by atoms with van der Waals surface area (Å²) in [5.74, 6) is -4.31. The number of hydrogen-bond donors (Lipinski definition) is 7. The van der Waals surface area contributed by atoms with E-state index in [-0.39, 0.29) is 6.42 Å². The van der Waals surface area contributed by atoms with E-state index in [9.17, 15) is 24.0 Å². The first-order valence-corrected chi connectivity index (χ1v) is 11.2. The Morgan fingerprint density at radius 2 is 1.48 bits per heavy atom. The molecule has 0 aromatic heterocycles. The zero-order chi connectivity index (χ0) is 24.0.